The van der Waals surface area contributed by atoms with E-state index in [0.717, 1.165) is 18.5 Å². The Balaban J connectivity index is 0.00000484. The van der Waals surface area contributed by atoms with E-state index in [0.29, 0.717) is 19.0 Å². The van der Waals surface area contributed by atoms with E-state index in [9.17, 15) is 13.2 Å². The lowest BCUT2D eigenvalue weighted by molar-refractivity contribution is -0.274. The molecule has 0 unspecified atom stereocenters. The molecule has 0 amide bonds. The van der Waals surface area contributed by atoms with Gasteiger partial charge in [-0.2, -0.15) is 0 Å². The van der Waals surface area contributed by atoms with Crippen molar-refractivity contribution in [2.45, 2.75) is 19.3 Å². The topological polar surface area (TPSA) is 62.9 Å². The first-order chi connectivity index (χ1) is 10.3. The summed E-state index contributed by atoms with van der Waals surface area (Å²) in [6.07, 6.45) is -3.74. The van der Waals surface area contributed by atoms with Crippen LogP contribution in [0, 0.1) is 0 Å². The van der Waals surface area contributed by atoms with Crippen molar-refractivity contribution in [1.29, 1.82) is 0 Å². The van der Waals surface area contributed by atoms with Gasteiger partial charge in [0.25, 0.3) is 0 Å². The third-order valence-corrected chi connectivity index (χ3v) is 2.68. The van der Waals surface area contributed by atoms with E-state index in [2.05, 4.69) is 19.9 Å². The maximum Gasteiger partial charge on any atom is 0.573 e. The number of hydrogen-bond acceptors (Lipinski definition) is 3. The number of ether oxygens (including phenoxy) is 1. The quantitative estimate of drug-likeness (QED) is 0.293. The van der Waals surface area contributed by atoms with Gasteiger partial charge < -0.3 is 20.7 Å². The summed E-state index contributed by atoms with van der Waals surface area (Å²) in [6.45, 7) is 1.95. The van der Waals surface area contributed by atoms with Gasteiger partial charge in [-0.1, -0.05) is 12.1 Å². The van der Waals surface area contributed by atoms with Gasteiger partial charge in [-0.15, -0.1) is 37.1 Å². The second-order valence-electron chi connectivity index (χ2n) is 4.98. The fraction of sp³-hybridized carbons (Fsp3) is 0.500. The number of alkyl halides is 3. The van der Waals surface area contributed by atoms with E-state index >= 15 is 0 Å². The highest BCUT2D eigenvalue weighted by Crippen LogP contribution is 2.22. The summed E-state index contributed by atoms with van der Waals surface area (Å²) < 4.78 is 39.9. The van der Waals surface area contributed by atoms with Crippen molar-refractivity contribution in [3.8, 4) is 5.75 Å². The normalized spacial score (nSPS) is 12.0. The van der Waals surface area contributed by atoms with Crippen molar-refractivity contribution in [2.75, 3.05) is 27.2 Å². The number of rotatable bonds is 7. The number of nitrogens with zero attached hydrogens (tertiary/aromatic N) is 2. The highest BCUT2D eigenvalue weighted by Gasteiger charge is 2.30. The van der Waals surface area contributed by atoms with Gasteiger partial charge in [0, 0.05) is 6.54 Å². The van der Waals surface area contributed by atoms with Crippen LogP contribution < -0.4 is 15.8 Å². The minimum atomic E-state index is -4.68. The molecule has 23 heavy (non-hydrogen) atoms. The molecule has 0 aliphatic carbocycles. The number of aliphatic imine (C=N–C) groups is 1. The van der Waals surface area contributed by atoms with E-state index in [4.69, 9.17) is 5.73 Å². The Morgan fingerprint density at radius 2 is 1.87 bits per heavy atom. The minimum Gasteiger partial charge on any atom is -0.406 e. The first kappa shape index (κ1) is 21.8. The lowest BCUT2D eigenvalue weighted by Crippen LogP contribution is -2.33. The first-order valence-electron chi connectivity index (χ1n) is 6.79. The Morgan fingerprint density at radius 1 is 1.26 bits per heavy atom. The molecule has 0 aromatic heterocycles. The zero-order valence-corrected chi connectivity index (χ0v) is 15.4. The molecule has 0 bridgehead atoms. The van der Waals surface area contributed by atoms with E-state index in [1.165, 1.54) is 24.3 Å². The zero-order chi connectivity index (χ0) is 16.6. The van der Waals surface area contributed by atoms with Crippen molar-refractivity contribution in [1.82, 2.24) is 10.2 Å². The SMILES string of the molecule is CN(C)CCCNC(N)=NCc1ccc(OC(F)(F)F)cc1.I. The molecule has 0 aliphatic rings. The molecule has 0 spiro atoms. The number of nitrogens with two attached hydrogens (primary N) is 1. The lowest BCUT2D eigenvalue weighted by atomic mass is 10.2. The fourth-order valence-corrected chi connectivity index (χ4v) is 1.64. The highest BCUT2D eigenvalue weighted by molar-refractivity contribution is 14.0. The summed E-state index contributed by atoms with van der Waals surface area (Å²) in [5.41, 5.74) is 6.45. The number of nitrogens with one attached hydrogen (secondary N) is 1. The molecule has 0 heterocycles. The molecule has 0 saturated heterocycles. The summed E-state index contributed by atoms with van der Waals surface area (Å²) in [5.74, 6) is 0.0596. The van der Waals surface area contributed by atoms with Crippen molar-refractivity contribution >= 4 is 29.9 Å². The highest BCUT2D eigenvalue weighted by atomic mass is 127. The number of guanidine groups is 1. The van der Waals surface area contributed by atoms with Gasteiger partial charge in [-0.05, 0) is 44.8 Å². The standard InChI is InChI=1S/C14H21F3N4O.HI/c1-21(2)9-3-8-19-13(18)20-10-11-4-6-12(7-5-11)22-14(15,16)17;/h4-7H,3,8-10H2,1-2H3,(H3,18,19,20);1H. The fourth-order valence-electron chi connectivity index (χ4n) is 1.64. The van der Waals surface area contributed by atoms with Gasteiger partial charge >= 0.3 is 6.36 Å². The Kier molecular flexibility index (Phi) is 9.96. The van der Waals surface area contributed by atoms with Crippen LogP contribution in [0.25, 0.3) is 0 Å². The molecule has 0 fully saturated rings. The van der Waals surface area contributed by atoms with E-state index in [1.807, 2.05) is 14.1 Å². The van der Waals surface area contributed by atoms with Crippen LogP contribution in [-0.2, 0) is 6.54 Å². The van der Waals surface area contributed by atoms with Crippen LogP contribution in [0.3, 0.4) is 0 Å². The molecular weight excluding hydrogens is 424 g/mol. The second-order valence-corrected chi connectivity index (χ2v) is 4.98. The largest absolute Gasteiger partial charge is 0.573 e. The molecular formula is C14H22F3IN4O. The van der Waals surface area contributed by atoms with Gasteiger partial charge in [-0.25, -0.2) is 4.99 Å². The average molecular weight is 446 g/mol. The molecule has 9 heteroatoms. The first-order valence-corrected chi connectivity index (χ1v) is 6.79. The number of hydrogen-bond donors (Lipinski definition) is 2. The van der Waals surface area contributed by atoms with Crippen molar-refractivity contribution in [2.24, 2.45) is 10.7 Å². The second kappa shape index (κ2) is 10.5. The molecule has 1 aromatic rings. The number of halogens is 4. The van der Waals surface area contributed by atoms with E-state index in [1.54, 1.807) is 0 Å². The predicted molar refractivity (Wildman–Crippen MR) is 95.0 cm³/mol. The van der Waals surface area contributed by atoms with E-state index in [-0.39, 0.29) is 29.7 Å². The number of benzene rings is 1. The van der Waals surface area contributed by atoms with Gasteiger partial charge in [0.15, 0.2) is 5.96 Å². The maximum absolute atomic E-state index is 12.0. The zero-order valence-electron chi connectivity index (χ0n) is 13.1. The van der Waals surface area contributed by atoms with Crippen molar-refractivity contribution in [3.05, 3.63) is 29.8 Å². The Hall–Kier alpha value is -1.23. The van der Waals surface area contributed by atoms with Crippen LogP contribution in [0.4, 0.5) is 13.2 Å². The average Bonchev–Trinajstić information content (AvgIpc) is 2.41. The van der Waals surface area contributed by atoms with Crippen LogP contribution in [0.2, 0.25) is 0 Å². The minimum absolute atomic E-state index is 0. The van der Waals surface area contributed by atoms with Crippen molar-refractivity contribution < 1.29 is 17.9 Å². The summed E-state index contributed by atoms with van der Waals surface area (Å²) in [6, 6.07) is 5.53. The Bertz CT molecular complexity index is 478. The smallest absolute Gasteiger partial charge is 0.406 e. The molecule has 3 N–H and O–H groups in total. The van der Waals surface area contributed by atoms with Gasteiger partial charge in [0.05, 0.1) is 6.54 Å². The van der Waals surface area contributed by atoms with Crippen LogP contribution >= 0.6 is 24.0 Å². The maximum atomic E-state index is 12.0. The van der Waals surface area contributed by atoms with Crippen LogP contribution in [0.5, 0.6) is 5.75 Å². The van der Waals surface area contributed by atoms with E-state index < -0.39 is 6.36 Å². The molecule has 0 aliphatic heterocycles. The van der Waals surface area contributed by atoms with Crippen molar-refractivity contribution in [3.63, 3.8) is 0 Å². The third-order valence-electron chi connectivity index (χ3n) is 2.68. The Labute approximate surface area is 151 Å². The monoisotopic (exact) mass is 446 g/mol. The lowest BCUT2D eigenvalue weighted by Gasteiger charge is -2.10. The molecule has 5 nitrogen and oxygen atoms in total. The van der Waals surface area contributed by atoms with Crippen LogP contribution in [0.15, 0.2) is 29.3 Å². The van der Waals surface area contributed by atoms with Gasteiger partial charge in [0.2, 0.25) is 0 Å². The molecule has 1 rings (SSSR count). The molecule has 0 atom stereocenters. The molecule has 0 saturated carbocycles. The third kappa shape index (κ3) is 11.0. The predicted octanol–water partition coefficient (Wildman–Crippen LogP) is 2.56. The summed E-state index contributed by atoms with van der Waals surface area (Å²) >= 11 is 0. The molecule has 0 radical (unpaired) electrons. The van der Waals surface area contributed by atoms with Gasteiger partial charge in [-0.3, -0.25) is 0 Å². The summed E-state index contributed by atoms with van der Waals surface area (Å²) in [4.78, 5) is 6.19. The van der Waals surface area contributed by atoms with Crippen LogP contribution in [0.1, 0.15) is 12.0 Å². The Morgan fingerprint density at radius 3 is 2.39 bits per heavy atom. The summed E-state index contributed by atoms with van der Waals surface area (Å²) in [5, 5.41) is 2.98. The summed E-state index contributed by atoms with van der Waals surface area (Å²) in [7, 11) is 3.98. The van der Waals surface area contributed by atoms with Crippen LogP contribution in [-0.4, -0.2) is 44.4 Å². The van der Waals surface area contributed by atoms with Gasteiger partial charge in [0.1, 0.15) is 5.75 Å². The molecule has 1 aromatic carbocycles. The molecule has 132 valence electrons.